The summed E-state index contributed by atoms with van der Waals surface area (Å²) in [5, 5.41) is 27.5. The molecule has 7 nitrogen and oxygen atoms in total. The van der Waals surface area contributed by atoms with Crippen molar-refractivity contribution < 1.29 is 10.0 Å². The molecule has 118 valence electrons. The van der Waals surface area contributed by atoms with Crippen molar-refractivity contribution in [3.63, 3.8) is 0 Å². The average Bonchev–Trinajstić information content (AvgIpc) is 2.84. The molecular weight excluding hydrogens is 284 g/mol. The highest BCUT2D eigenvalue weighted by atomic mass is 16.6. The van der Waals surface area contributed by atoms with Crippen molar-refractivity contribution >= 4 is 11.5 Å². The molecule has 2 N–H and O–H groups in total. The minimum absolute atomic E-state index is 0.0273. The van der Waals surface area contributed by atoms with E-state index in [2.05, 4.69) is 10.4 Å². The summed E-state index contributed by atoms with van der Waals surface area (Å²) in [5.74, 6) is 0.439. The van der Waals surface area contributed by atoms with Gasteiger partial charge in [0.05, 0.1) is 11.5 Å². The molecule has 0 unspecified atom stereocenters. The van der Waals surface area contributed by atoms with Crippen LogP contribution in [0.4, 0.5) is 11.5 Å². The SMILES string of the molecule is CCc1nn(C)c(NCCc2ccc(CO)cc2)c1[N+](=O)[O-]. The van der Waals surface area contributed by atoms with E-state index in [9.17, 15) is 10.1 Å². The van der Waals surface area contributed by atoms with Crippen LogP contribution in [-0.4, -0.2) is 26.4 Å². The molecule has 0 spiro atoms. The minimum atomic E-state index is -0.385. The highest BCUT2D eigenvalue weighted by molar-refractivity contribution is 5.59. The van der Waals surface area contributed by atoms with Gasteiger partial charge in [-0.2, -0.15) is 5.10 Å². The van der Waals surface area contributed by atoms with Gasteiger partial charge in [0.2, 0.25) is 5.82 Å². The number of benzene rings is 1. The molecule has 0 aliphatic heterocycles. The molecule has 0 aliphatic carbocycles. The molecule has 0 atom stereocenters. The van der Waals surface area contributed by atoms with E-state index < -0.39 is 0 Å². The molecular formula is C15H20N4O3. The number of rotatable bonds is 7. The molecule has 0 saturated carbocycles. The predicted molar refractivity (Wildman–Crippen MR) is 83.8 cm³/mol. The molecule has 0 radical (unpaired) electrons. The monoisotopic (exact) mass is 304 g/mol. The number of nitro groups is 1. The van der Waals surface area contributed by atoms with Crippen molar-refractivity contribution in [2.45, 2.75) is 26.4 Å². The van der Waals surface area contributed by atoms with Crippen molar-refractivity contribution in [2.75, 3.05) is 11.9 Å². The average molecular weight is 304 g/mol. The predicted octanol–water partition coefficient (Wildman–Crippen LogP) is 2.04. The van der Waals surface area contributed by atoms with E-state index in [-0.39, 0.29) is 17.2 Å². The molecule has 1 heterocycles. The number of nitrogens with one attached hydrogen (secondary N) is 1. The van der Waals surface area contributed by atoms with E-state index in [1.807, 2.05) is 31.2 Å². The third-order valence-corrected chi connectivity index (χ3v) is 3.52. The molecule has 1 aromatic carbocycles. The first kappa shape index (κ1) is 16.0. The lowest BCUT2D eigenvalue weighted by atomic mass is 10.1. The molecule has 0 amide bonds. The third-order valence-electron chi connectivity index (χ3n) is 3.52. The number of anilines is 1. The smallest absolute Gasteiger partial charge is 0.333 e. The van der Waals surface area contributed by atoms with E-state index in [0.29, 0.717) is 24.5 Å². The van der Waals surface area contributed by atoms with Crippen LogP contribution >= 0.6 is 0 Å². The number of hydrogen-bond acceptors (Lipinski definition) is 5. The van der Waals surface area contributed by atoms with Crippen molar-refractivity contribution in [2.24, 2.45) is 7.05 Å². The second-order valence-corrected chi connectivity index (χ2v) is 5.03. The van der Waals surface area contributed by atoms with Crippen LogP contribution in [0.15, 0.2) is 24.3 Å². The molecule has 0 aliphatic rings. The zero-order valence-corrected chi connectivity index (χ0v) is 12.7. The maximum Gasteiger partial charge on any atom is 0.333 e. The molecule has 22 heavy (non-hydrogen) atoms. The second-order valence-electron chi connectivity index (χ2n) is 5.03. The van der Waals surface area contributed by atoms with Crippen LogP contribution in [0.3, 0.4) is 0 Å². The molecule has 0 bridgehead atoms. The van der Waals surface area contributed by atoms with E-state index in [1.165, 1.54) is 4.68 Å². The Hall–Kier alpha value is -2.41. The van der Waals surface area contributed by atoms with Crippen molar-refractivity contribution in [1.29, 1.82) is 0 Å². The standard InChI is InChI=1S/C15H20N4O3/c1-3-13-14(19(21)22)15(18(2)17-13)16-9-8-11-4-6-12(10-20)7-5-11/h4-7,16,20H,3,8-10H2,1-2H3. The summed E-state index contributed by atoms with van der Waals surface area (Å²) in [6, 6.07) is 7.64. The summed E-state index contributed by atoms with van der Waals surface area (Å²) in [7, 11) is 1.70. The van der Waals surface area contributed by atoms with Crippen molar-refractivity contribution in [1.82, 2.24) is 9.78 Å². The Balaban J connectivity index is 2.05. The fourth-order valence-corrected chi connectivity index (χ4v) is 2.33. The van der Waals surface area contributed by atoms with Gasteiger partial charge >= 0.3 is 5.69 Å². The lowest BCUT2D eigenvalue weighted by Gasteiger charge is -2.07. The summed E-state index contributed by atoms with van der Waals surface area (Å²) < 4.78 is 1.52. The van der Waals surface area contributed by atoms with Crippen LogP contribution in [0.5, 0.6) is 0 Å². The largest absolute Gasteiger partial charge is 0.392 e. The molecule has 7 heteroatoms. The fraction of sp³-hybridized carbons (Fsp3) is 0.400. The highest BCUT2D eigenvalue weighted by Crippen LogP contribution is 2.28. The van der Waals surface area contributed by atoms with Crippen molar-refractivity contribution in [3.8, 4) is 0 Å². The first-order chi connectivity index (χ1) is 10.6. The maximum atomic E-state index is 11.2. The molecule has 1 aromatic heterocycles. The minimum Gasteiger partial charge on any atom is -0.392 e. The quantitative estimate of drug-likeness (QED) is 0.603. The summed E-state index contributed by atoms with van der Waals surface area (Å²) in [5.41, 5.74) is 2.51. The number of aliphatic hydroxyl groups excluding tert-OH is 1. The van der Waals surface area contributed by atoms with Gasteiger partial charge in [-0.25, -0.2) is 4.68 Å². The molecule has 2 rings (SSSR count). The maximum absolute atomic E-state index is 11.2. The number of hydrogen-bond donors (Lipinski definition) is 2. The molecule has 0 fully saturated rings. The van der Waals surface area contributed by atoms with E-state index in [1.54, 1.807) is 7.05 Å². The van der Waals surface area contributed by atoms with Gasteiger partial charge in [0.25, 0.3) is 0 Å². The highest BCUT2D eigenvalue weighted by Gasteiger charge is 2.25. The van der Waals surface area contributed by atoms with Crippen molar-refractivity contribution in [3.05, 3.63) is 51.2 Å². The number of aryl methyl sites for hydroxylation is 2. The van der Waals surface area contributed by atoms with Gasteiger partial charge in [0.15, 0.2) is 0 Å². The van der Waals surface area contributed by atoms with Crippen LogP contribution in [0.25, 0.3) is 0 Å². The number of aromatic nitrogens is 2. The van der Waals surface area contributed by atoms with Gasteiger partial charge in [0.1, 0.15) is 5.69 Å². The summed E-state index contributed by atoms with van der Waals surface area (Å²) in [4.78, 5) is 10.8. The second kappa shape index (κ2) is 7.04. The zero-order chi connectivity index (χ0) is 16.1. The Bertz CT molecular complexity index is 650. The van der Waals surface area contributed by atoms with Gasteiger partial charge in [0, 0.05) is 13.6 Å². The Labute approximate surface area is 128 Å². The Morgan fingerprint density at radius 1 is 1.32 bits per heavy atom. The van der Waals surface area contributed by atoms with E-state index >= 15 is 0 Å². The third kappa shape index (κ3) is 3.43. The Morgan fingerprint density at radius 3 is 2.50 bits per heavy atom. The van der Waals surface area contributed by atoms with Gasteiger partial charge in [-0.1, -0.05) is 31.2 Å². The van der Waals surface area contributed by atoms with Crippen LogP contribution in [-0.2, 0) is 26.5 Å². The molecule has 2 aromatic rings. The normalized spacial score (nSPS) is 10.7. The van der Waals surface area contributed by atoms with Crippen LogP contribution in [0, 0.1) is 10.1 Å². The van der Waals surface area contributed by atoms with Crippen LogP contribution in [0.1, 0.15) is 23.7 Å². The fourth-order valence-electron chi connectivity index (χ4n) is 2.33. The van der Waals surface area contributed by atoms with Gasteiger partial charge in [-0.15, -0.1) is 0 Å². The summed E-state index contributed by atoms with van der Waals surface area (Å²) in [6.45, 7) is 2.45. The Morgan fingerprint density at radius 2 is 1.95 bits per heavy atom. The lowest BCUT2D eigenvalue weighted by molar-refractivity contribution is -0.384. The lowest BCUT2D eigenvalue weighted by Crippen LogP contribution is -2.10. The van der Waals surface area contributed by atoms with Gasteiger partial charge < -0.3 is 10.4 Å². The van der Waals surface area contributed by atoms with Crippen LogP contribution in [0.2, 0.25) is 0 Å². The Kier molecular flexibility index (Phi) is 5.11. The number of aliphatic hydroxyl groups is 1. The first-order valence-electron chi connectivity index (χ1n) is 7.19. The summed E-state index contributed by atoms with van der Waals surface area (Å²) >= 11 is 0. The first-order valence-corrected chi connectivity index (χ1v) is 7.19. The van der Waals surface area contributed by atoms with Gasteiger partial charge in [-0.3, -0.25) is 10.1 Å². The van der Waals surface area contributed by atoms with E-state index in [4.69, 9.17) is 5.11 Å². The topological polar surface area (TPSA) is 93.2 Å². The number of nitrogens with zero attached hydrogens (tertiary/aromatic N) is 3. The summed E-state index contributed by atoms with van der Waals surface area (Å²) in [6.07, 6.45) is 1.25. The van der Waals surface area contributed by atoms with Crippen LogP contribution < -0.4 is 5.32 Å². The van der Waals surface area contributed by atoms with Gasteiger partial charge in [-0.05, 0) is 24.0 Å². The zero-order valence-electron chi connectivity index (χ0n) is 12.7. The molecule has 0 saturated heterocycles. The van der Waals surface area contributed by atoms with E-state index in [0.717, 1.165) is 17.5 Å².